The fourth-order valence-electron chi connectivity index (χ4n) is 4.84. The predicted molar refractivity (Wildman–Crippen MR) is 91.0 cm³/mol. The first-order valence-corrected chi connectivity index (χ1v) is 9.42. The normalized spacial score (nSPS) is 33.1. The molecule has 3 saturated heterocycles. The number of nitrogens with zero attached hydrogens (tertiary/aromatic N) is 2. The van der Waals surface area contributed by atoms with Crippen molar-refractivity contribution in [1.29, 1.82) is 0 Å². The van der Waals surface area contributed by atoms with E-state index in [0.717, 1.165) is 45.2 Å². The lowest BCUT2D eigenvalue weighted by Crippen LogP contribution is -2.52. The first-order chi connectivity index (χ1) is 12.0. The molecule has 0 aliphatic carbocycles. The molecule has 4 heterocycles. The van der Waals surface area contributed by atoms with Crippen LogP contribution in [0.1, 0.15) is 46.0 Å². The van der Waals surface area contributed by atoms with Crippen LogP contribution in [0, 0.1) is 0 Å². The van der Waals surface area contributed by atoms with Crippen LogP contribution in [0.3, 0.4) is 0 Å². The van der Waals surface area contributed by atoms with Gasteiger partial charge in [-0.3, -0.25) is 4.90 Å². The summed E-state index contributed by atoms with van der Waals surface area (Å²) in [6, 6.07) is 0.483. The Hall–Kier alpha value is -1.92. The van der Waals surface area contributed by atoms with E-state index >= 15 is 0 Å². The maximum atomic E-state index is 12.2. The van der Waals surface area contributed by atoms with Crippen LogP contribution in [0.2, 0.25) is 0 Å². The number of hydrogen-bond donors (Lipinski definition) is 1. The third-order valence-corrected chi connectivity index (χ3v) is 6.29. The largest absolute Gasteiger partial charge is 0.450 e. The van der Waals surface area contributed by atoms with Gasteiger partial charge >= 0.3 is 12.2 Å². The number of nitrogens with one attached hydrogen (secondary N) is 1. The zero-order valence-electron chi connectivity index (χ0n) is 15.0. The van der Waals surface area contributed by atoms with Crippen LogP contribution in [-0.2, 0) is 9.47 Å². The first kappa shape index (κ1) is 16.5. The molecule has 1 N–H and O–H groups in total. The van der Waals surface area contributed by atoms with Gasteiger partial charge in [0.15, 0.2) is 0 Å². The fourth-order valence-corrected chi connectivity index (χ4v) is 4.84. The van der Waals surface area contributed by atoms with Gasteiger partial charge in [0.05, 0.1) is 18.7 Å². The summed E-state index contributed by atoms with van der Waals surface area (Å²) in [4.78, 5) is 28.1. The molecular formula is C18H27N3O4. The number of ether oxygens (including phenoxy) is 2. The Balaban J connectivity index is 1.42. The molecule has 2 bridgehead atoms. The molecule has 1 spiro atoms. The summed E-state index contributed by atoms with van der Waals surface area (Å²) in [6.45, 7) is 6.08. The average Bonchev–Trinajstić information content (AvgIpc) is 3.01. The highest BCUT2D eigenvalue weighted by atomic mass is 16.6. The Morgan fingerprint density at radius 1 is 1.40 bits per heavy atom. The summed E-state index contributed by atoms with van der Waals surface area (Å²) in [6.07, 6.45) is 6.43. The van der Waals surface area contributed by atoms with Crippen molar-refractivity contribution in [3.8, 4) is 0 Å². The van der Waals surface area contributed by atoms with Gasteiger partial charge in [0.2, 0.25) is 0 Å². The summed E-state index contributed by atoms with van der Waals surface area (Å²) in [5.41, 5.74) is 0.992. The zero-order chi connectivity index (χ0) is 17.6. The molecule has 138 valence electrons. The Morgan fingerprint density at radius 3 is 2.76 bits per heavy atom. The molecule has 4 aliphatic rings. The maximum absolute atomic E-state index is 12.2. The monoisotopic (exact) mass is 349 g/mol. The van der Waals surface area contributed by atoms with E-state index in [0.29, 0.717) is 6.61 Å². The van der Waals surface area contributed by atoms with Gasteiger partial charge in [0, 0.05) is 44.1 Å². The number of likely N-dealkylation sites (tertiary alicyclic amines) is 1. The standard InChI is InChI=1S/C18H27N3O4/c1-3-24-17(23)21-13-4-5-14(21)11-15(10-13)20-8-6-18(7-9-20)12(2)19-16(22)25-18/h10,12-14H,3-9,11H2,1-2H3,(H,19,22). The average molecular weight is 349 g/mol. The highest BCUT2D eigenvalue weighted by Crippen LogP contribution is 2.40. The van der Waals surface area contributed by atoms with Crippen LogP contribution in [0.5, 0.6) is 0 Å². The molecule has 0 aromatic heterocycles. The Kier molecular flexibility index (Phi) is 4.04. The number of amides is 2. The molecule has 4 aliphatic heterocycles. The summed E-state index contributed by atoms with van der Waals surface area (Å²) in [7, 11) is 0. The third-order valence-electron chi connectivity index (χ3n) is 6.29. The maximum Gasteiger partial charge on any atom is 0.410 e. The van der Waals surface area contributed by atoms with Crippen LogP contribution < -0.4 is 5.32 Å². The lowest BCUT2D eigenvalue weighted by Gasteiger charge is -2.44. The summed E-state index contributed by atoms with van der Waals surface area (Å²) < 4.78 is 10.8. The molecule has 0 radical (unpaired) electrons. The molecule has 3 atom stereocenters. The first-order valence-electron chi connectivity index (χ1n) is 9.42. The minimum atomic E-state index is -0.348. The molecule has 0 saturated carbocycles. The number of piperidine rings is 1. The van der Waals surface area contributed by atoms with Crippen LogP contribution >= 0.6 is 0 Å². The van der Waals surface area contributed by atoms with E-state index in [2.05, 4.69) is 16.3 Å². The third kappa shape index (κ3) is 2.73. The van der Waals surface area contributed by atoms with Gasteiger partial charge in [-0.05, 0) is 32.8 Å². The summed E-state index contributed by atoms with van der Waals surface area (Å²) in [5.74, 6) is 0. The minimum Gasteiger partial charge on any atom is -0.450 e. The fraction of sp³-hybridized carbons (Fsp3) is 0.778. The molecule has 2 amide bonds. The lowest BCUT2D eigenvalue weighted by molar-refractivity contribution is -0.0103. The molecule has 0 aromatic rings. The molecule has 25 heavy (non-hydrogen) atoms. The highest BCUT2D eigenvalue weighted by Gasteiger charge is 2.49. The topological polar surface area (TPSA) is 71.1 Å². The number of fused-ring (bicyclic) bond motifs is 2. The SMILES string of the molecule is CCOC(=O)N1C2C=C(N3CCC4(CC3)OC(=O)NC4C)CC1CC2. The van der Waals surface area contributed by atoms with Crippen LogP contribution in [0.25, 0.3) is 0 Å². The van der Waals surface area contributed by atoms with Gasteiger partial charge in [0.1, 0.15) is 5.60 Å². The molecule has 0 aromatic carbocycles. The molecule has 3 fully saturated rings. The second-order valence-electron chi connectivity index (χ2n) is 7.57. The predicted octanol–water partition coefficient (Wildman–Crippen LogP) is 2.23. The van der Waals surface area contributed by atoms with E-state index in [1.807, 2.05) is 18.7 Å². The van der Waals surface area contributed by atoms with Crippen molar-refractivity contribution in [3.05, 3.63) is 11.8 Å². The van der Waals surface area contributed by atoms with Crippen molar-refractivity contribution in [1.82, 2.24) is 15.1 Å². The second kappa shape index (κ2) is 6.11. The van der Waals surface area contributed by atoms with Crippen LogP contribution in [0.15, 0.2) is 11.8 Å². The van der Waals surface area contributed by atoms with Crippen LogP contribution in [0.4, 0.5) is 9.59 Å². The smallest absolute Gasteiger partial charge is 0.410 e. The van der Waals surface area contributed by atoms with E-state index in [-0.39, 0.29) is 35.9 Å². The quantitative estimate of drug-likeness (QED) is 0.828. The Morgan fingerprint density at radius 2 is 2.16 bits per heavy atom. The summed E-state index contributed by atoms with van der Waals surface area (Å²) in [5, 5.41) is 2.87. The molecule has 3 unspecified atom stereocenters. The molecule has 4 rings (SSSR count). The van der Waals surface area contributed by atoms with E-state index in [9.17, 15) is 9.59 Å². The van der Waals surface area contributed by atoms with E-state index in [4.69, 9.17) is 9.47 Å². The summed E-state index contributed by atoms with van der Waals surface area (Å²) >= 11 is 0. The van der Waals surface area contributed by atoms with Gasteiger partial charge < -0.3 is 19.7 Å². The highest BCUT2D eigenvalue weighted by molar-refractivity contribution is 5.71. The van der Waals surface area contributed by atoms with Crippen molar-refractivity contribution in [2.24, 2.45) is 0 Å². The minimum absolute atomic E-state index is 0.0676. The van der Waals surface area contributed by atoms with Gasteiger partial charge in [0.25, 0.3) is 0 Å². The number of hydrogen-bond acceptors (Lipinski definition) is 5. The van der Waals surface area contributed by atoms with Gasteiger partial charge in [-0.2, -0.15) is 0 Å². The zero-order valence-corrected chi connectivity index (χ0v) is 15.0. The van der Waals surface area contributed by atoms with Crippen molar-refractivity contribution in [3.63, 3.8) is 0 Å². The van der Waals surface area contributed by atoms with E-state index in [1.165, 1.54) is 5.70 Å². The van der Waals surface area contributed by atoms with Gasteiger partial charge in [-0.25, -0.2) is 9.59 Å². The Labute approximate surface area is 148 Å². The number of rotatable bonds is 2. The lowest BCUT2D eigenvalue weighted by atomic mass is 9.85. The van der Waals surface area contributed by atoms with Gasteiger partial charge in [-0.1, -0.05) is 0 Å². The van der Waals surface area contributed by atoms with Crippen LogP contribution in [-0.4, -0.2) is 65.4 Å². The Bertz CT molecular complexity index is 597. The molecule has 7 nitrogen and oxygen atoms in total. The van der Waals surface area contributed by atoms with Crippen molar-refractivity contribution < 1.29 is 19.1 Å². The number of carbonyl (C=O) groups excluding carboxylic acids is 2. The van der Waals surface area contributed by atoms with Crippen molar-refractivity contribution >= 4 is 12.2 Å². The van der Waals surface area contributed by atoms with E-state index < -0.39 is 0 Å². The number of alkyl carbamates (subject to hydrolysis) is 1. The molecular weight excluding hydrogens is 322 g/mol. The van der Waals surface area contributed by atoms with E-state index in [1.54, 1.807) is 0 Å². The second-order valence-corrected chi connectivity index (χ2v) is 7.57. The van der Waals surface area contributed by atoms with Crippen molar-refractivity contribution in [2.45, 2.75) is 69.7 Å². The van der Waals surface area contributed by atoms with Gasteiger partial charge in [-0.15, -0.1) is 0 Å². The molecule has 7 heteroatoms. The van der Waals surface area contributed by atoms with Crippen molar-refractivity contribution in [2.75, 3.05) is 19.7 Å². The number of carbonyl (C=O) groups is 2.